The Kier molecular flexibility index (Phi) is 8.38. The van der Waals surface area contributed by atoms with Gasteiger partial charge in [-0.25, -0.2) is 0 Å². The molecule has 0 aromatic heterocycles. The molecule has 1 rings (SSSR count). The molecule has 0 fully saturated rings. The van der Waals surface area contributed by atoms with Crippen molar-refractivity contribution in [3.63, 3.8) is 0 Å². The van der Waals surface area contributed by atoms with Gasteiger partial charge in [-0.1, -0.05) is 19.1 Å². The van der Waals surface area contributed by atoms with Gasteiger partial charge in [0.05, 0.1) is 6.61 Å². The third-order valence-corrected chi connectivity index (χ3v) is 3.62. The van der Waals surface area contributed by atoms with Crippen LogP contribution >= 0.6 is 0 Å². The molecule has 6 heteroatoms. The molecule has 2 N–H and O–H groups in total. The van der Waals surface area contributed by atoms with Gasteiger partial charge < -0.3 is 19.5 Å². The Morgan fingerprint density at radius 2 is 1.76 bits per heavy atom. The molecule has 0 radical (unpaired) electrons. The van der Waals surface area contributed by atoms with E-state index in [4.69, 9.17) is 19.5 Å². The van der Waals surface area contributed by atoms with Crippen molar-refractivity contribution in [2.45, 2.75) is 26.3 Å². The van der Waals surface area contributed by atoms with Crippen LogP contribution in [-0.2, 0) is 4.74 Å². The summed E-state index contributed by atoms with van der Waals surface area (Å²) in [6, 6.07) is 7.29. The average molecular weight is 295 g/mol. The minimum absolute atomic E-state index is 0.462. The summed E-state index contributed by atoms with van der Waals surface area (Å²) >= 11 is 0. The SMILES string of the molecule is CCC(C)N(CCOC)CCOc1ccc(B(O)O)cc1. The molecular weight excluding hydrogens is 269 g/mol. The highest BCUT2D eigenvalue weighted by atomic mass is 16.5. The molecular formula is C15H26BNO4. The maximum absolute atomic E-state index is 9.03. The molecule has 5 nitrogen and oxygen atoms in total. The van der Waals surface area contributed by atoms with E-state index in [9.17, 15) is 0 Å². The lowest BCUT2D eigenvalue weighted by Crippen LogP contribution is -2.38. The smallest absolute Gasteiger partial charge is 0.488 e. The third-order valence-electron chi connectivity index (χ3n) is 3.62. The highest BCUT2D eigenvalue weighted by Gasteiger charge is 2.12. The minimum Gasteiger partial charge on any atom is -0.492 e. The lowest BCUT2D eigenvalue weighted by molar-refractivity contribution is 0.109. The Hall–Kier alpha value is -1.08. The van der Waals surface area contributed by atoms with Gasteiger partial charge in [0.15, 0.2) is 0 Å². The molecule has 0 aliphatic rings. The summed E-state index contributed by atoms with van der Waals surface area (Å²) < 4.78 is 10.8. The van der Waals surface area contributed by atoms with Crippen molar-refractivity contribution in [1.82, 2.24) is 4.90 Å². The molecule has 0 saturated carbocycles. The van der Waals surface area contributed by atoms with E-state index in [1.807, 2.05) is 0 Å². The third kappa shape index (κ3) is 6.48. The number of methoxy groups -OCH3 is 1. The second-order valence-corrected chi connectivity index (χ2v) is 5.08. The first-order chi connectivity index (χ1) is 10.1. The quantitative estimate of drug-likeness (QED) is 0.615. The molecule has 0 aliphatic heterocycles. The predicted octanol–water partition coefficient (Wildman–Crippen LogP) is 0.492. The maximum Gasteiger partial charge on any atom is 0.488 e. The zero-order chi connectivity index (χ0) is 15.7. The lowest BCUT2D eigenvalue weighted by atomic mass is 9.80. The fraction of sp³-hybridized carbons (Fsp3) is 0.600. The van der Waals surface area contributed by atoms with Crippen LogP contribution in [0.1, 0.15) is 20.3 Å². The second kappa shape index (κ2) is 9.79. The van der Waals surface area contributed by atoms with Crippen LogP contribution < -0.4 is 10.2 Å². The van der Waals surface area contributed by atoms with Gasteiger partial charge in [0.25, 0.3) is 0 Å². The zero-order valence-electron chi connectivity index (χ0n) is 13.2. The van der Waals surface area contributed by atoms with Crippen molar-refractivity contribution < 1.29 is 19.5 Å². The summed E-state index contributed by atoms with van der Waals surface area (Å²) in [5.74, 6) is 0.732. The number of benzene rings is 1. The molecule has 0 saturated heterocycles. The van der Waals surface area contributed by atoms with Crippen LogP contribution in [0.5, 0.6) is 5.75 Å². The van der Waals surface area contributed by atoms with E-state index in [1.54, 1.807) is 31.4 Å². The molecule has 0 aliphatic carbocycles. The van der Waals surface area contributed by atoms with Crippen LogP contribution in [0.4, 0.5) is 0 Å². The van der Waals surface area contributed by atoms with Gasteiger partial charge in [0.1, 0.15) is 12.4 Å². The Balaban J connectivity index is 2.41. The zero-order valence-corrected chi connectivity index (χ0v) is 13.2. The van der Waals surface area contributed by atoms with E-state index in [1.165, 1.54) is 0 Å². The number of hydrogen-bond acceptors (Lipinski definition) is 5. The van der Waals surface area contributed by atoms with Crippen molar-refractivity contribution in [3.05, 3.63) is 24.3 Å². The Morgan fingerprint density at radius 1 is 1.14 bits per heavy atom. The van der Waals surface area contributed by atoms with Crippen molar-refractivity contribution in [2.24, 2.45) is 0 Å². The minimum atomic E-state index is -1.44. The van der Waals surface area contributed by atoms with E-state index in [0.29, 0.717) is 24.7 Å². The van der Waals surface area contributed by atoms with Gasteiger partial charge in [-0.2, -0.15) is 0 Å². The molecule has 0 heterocycles. The Labute approximate surface area is 127 Å². The Bertz CT molecular complexity index is 386. The van der Waals surface area contributed by atoms with Crippen LogP contribution in [0.3, 0.4) is 0 Å². The molecule has 21 heavy (non-hydrogen) atoms. The summed E-state index contributed by atoms with van der Waals surface area (Å²) in [4.78, 5) is 2.34. The van der Waals surface area contributed by atoms with Crippen LogP contribution in [0.2, 0.25) is 0 Å². The van der Waals surface area contributed by atoms with E-state index in [-0.39, 0.29) is 0 Å². The number of nitrogens with zero attached hydrogens (tertiary/aromatic N) is 1. The van der Waals surface area contributed by atoms with E-state index in [0.717, 1.165) is 25.3 Å². The summed E-state index contributed by atoms with van der Waals surface area (Å²) in [5.41, 5.74) is 0.462. The number of ether oxygens (including phenoxy) is 2. The van der Waals surface area contributed by atoms with Gasteiger partial charge in [0.2, 0.25) is 0 Å². The lowest BCUT2D eigenvalue weighted by Gasteiger charge is -2.27. The van der Waals surface area contributed by atoms with Gasteiger partial charge in [-0.15, -0.1) is 0 Å². The maximum atomic E-state index is 9.03. The van der Waals surface area contributed by atoms with Crippen molar-refractivity contribution >= 4 is 12.6 Å². The van der Waals surface area contributed by atoms with Gasteiger partial charge >= 0.3 is 7.12 Å². The van der Waals surface area contributed by atoms with Crippen molar-refractivity contribution in [3.8, 4) is 5.75 Å². The monoisotopic (exact) mass is 295 g/mol. The fourth-order valence-corrected chi connectivity index (χ4v) is 2.04. The standard InChI is InChI=1S/C15H26BNO4/c1-4-13(2)17(9-11-20-3)10-12-21-15-7-5-14(6-8-15)16(18)19/h5-8,13,18-19H,4,9-12H2,1-3H3. The number of rotatable bonds is 10. The van der Waals surface area contributed by atoms with Crippen molar-refractivity contribution in [1.29, 1.82) is 0 Å². The summed E-state index contributed by atoms with van der Waals surface area (Å²) in [7, 11) is 0.275. The normalized spacial score (nSPS) is 12.5. The van der Waals surface area contributed by atoms with Crippen LogP contribution in [-0.4, -0.2) is 61.5 Å². The summed E-state index contributed by atoms with van der Waals surface area (Å²) in [6.45, 7) is 7.41. The first kappa shape index (κ1) is 18.0. The van der Waals surface area contributed by atoms with Crippen LogP contribution in [0, 0.1) is 0 Å². The summed E-state index contributed by atoms with van der Waals surface area (Å²) in [6.07, 6.45) is 1.09. The average Bonchev–Trinajstić information content (AvgIpc) is 2.50. The largest absolute Gasteiger partial charge is 0.492 e. The molecule has 0 amide bonds. The van der Waals surface area contributed by atoms with E-state index >= 15 is 0 Å². The molecule has 0 bridgehead atoms. The van der Waals surface area contributed by atoms with Gasteiger partial charge in [-0.05, 0) is 30.9 Å². The van der Waals surface area contributed by atoms with E-state index < -0.39 is 7.12 Å². The Morgan fingerprint density at radius 3 is 2.29 bits per heavy atom. The number of hydrogen-bond donors (Lipinski definition) is 2. The predicted molar refractivity (Wildman–Crippen MR) is 85.0 cm³/mol. The molecule has 0 spiro atoms. The van der Waals surface area contributed by atoms with E-state index in [2.05, 4.69) is 18.7 Å². The van der Waals surface area contributed by atoms with Crippen LogP contribution in [0.15, 0.2) is 24.3 Å². The first-order valence-electron chi connectivity index (χ1n) is 7.40. The van der Waals surface area contributed by atoms with Gasteiger partial charge in [-0.3, -0.25) is 4.90 Å². The molecule has 118 valence electrons. The second-order valence-electron chi connectivity index (χ2n) is 5.08. The highest BCUT2D eigenvalue weighted by Crippen LogP contribution is 2.09. The fourth-order valence-electron chi connectivity index (χ4n) is 2.04. The molecule has 1 aromatic rings. The van der Waals surface area contributed by atoms with Crippen LogP contribution in [0.25, 0.3) is 0 Å². The first-order valence-corrected chi connectivity index (χ1v) is 7.40. The summed E-state index contributed by atoms with van der Waals surface area (Å²) in [5, 5.41) is 18.1. The van der Waals surface area contributed by atoms with Gasteiger partial charge in [0, 0.05) is 26.2 Å². The molecule has 1 atom stereocenters. The molecule has 1 unspecified atom stereocenters. The topological polar surface area (TPSA) is 62.2 Å². The van der Waals surface area contributed by atoms with Crippen molar-refractivity contribution in [2.75, 3.05) is 33.4 Å². The highest BCUT2D eigenvalue weighted by molar-refractivity contribution is 6.58. The molecule has 1 aromatic carbocycles.